The molecule has 0 radical (unpaired) electrons. The van der Waals surface area contributed by atoms with E-state index in [1.165, 1.54) is 0 Å². The average Bonchev–Trinajstić information content (AvgIpc) is 2.15. The molecule has 0 unspecified atom stereocenters. The molecule has 66 valence electrons. The molecule has 1 aromatic carbocycles. The van der Waals surface area contributed by atoms with Gasteiger partial charge in [0.05, 0.1) is 0 Å². The third-order valence-electron chi connectivity index (χ3n) is 1.57. The third kappa shape index (κ3) is 2.43. The van der Waals surface area contributed by atoms with E-state index in [9.17, 15) is 0 Å². The molecule has 2 N–H and O–H groups in total. The smallest absolute Gasteiger partial charge is 0.116 e. The number of nitrogens with one attached hydrogen (secondary N) is 2. The molecule has 0 aromatic heterocycles. The van der Waals surface area contributed by atoms with Gasteiger partial charge in [-0.3, -0.25) is 0 Å². The van der Waals surface area contributed by atoms with Crippen molar-refractivity contribution >= 4 is 11.4 Å². The van der Waals surface area contributed by atoms with Crippen LogP contribution in [0.4, 0.5) is 11.4 Å². The molecule has 0 amide bonds. The Morgan fingerprint density at radius 1 is 1.33 bits per heavy atom. The van der Waals surface area contributed by atoms with Crippen molar-refractivity contribution in [3.63, 3.8) is 0 Å². The maximum Gasteiger partial charge on any atom is 0.116 e. The number of hydrogen-bond acceptors (Lipinski definition) is 3. The Hall–Kier alpha value is -1.22. The Morgan fingerprint density at radius 2 is 2.08 bits per heavy atom. The van der Waals surface area contributed by atoms with Crippen LogP contribution in [0.15, 0.2) is 24.3 Å². The quantitative estimate of drug-likeness (QED) is 0.668. The highest BCUT2D eigenvalue weighted by atomic mass is 16.5. The van der Waals surface area contributed by atoms with E-state index in [2.05, 4.69) is 10.6 Å². The highest BCUT2D eigenvalue weighted by Crippen LogP contribution is 2.13. The SMILES string of the molecule is CNc1cccc(NCOC)c1. The lowest BCUT2D eigenvalue weighted by Gasteiger charge is -2.06. The molecule has 3 nitrogen and oxygen atoms in total. The maximum absolute atomic E-state index is 4.89. The molecule has 0 bridgehead atoms. The predicted molar refractivity (Wildman–Crippen MR) is 51.5 cm³/mol. The van der Waals surface area contributed by atoms with Crippen molar-refractivity contribution in [1.29, 1.82) is 0 Å². The Kier molecular flexibility index (Phi) is 3.41. The molecular weight excluding hydrogens is 152 g/mol. The van der Waals surface area contributed by atoms with Crippen LogP contribution in [0.3, 0.4) is 0 Å². The fourth-order valence-corrected chi connectivity index (χ4v) is 0.940. The molecule has 0 spiro atoms. The van der Waals surface area contributed by atoms with E-state index >= 15 is 0 Å². The van der Waals surface area contributed by atoms with Gasteiger partial charge in [0.15, 0.2) is 0 Å². The van der Waals surface area contributed by atoms with Gasteiger partial charge in [-0.1, -0.05) is 6.07 Å². The summed E-state index contributed by atoms with van der Waals surface area (Å²) in [5, 5.41) is 6.17. The highest BCUT2D eigenvalue weighted by Gasteiger charge is 1.91. The average molecular weight is 166 g/mol. The van der Waals surface area contributed by atoms with Crippen LogP contribution in [0, 0.1) is 0 Å². The van der Waals surface area contributed by atoms with Crippen molar-refractivity contribution in [2.24, 2.45) is 0 Å². The minimum Gasteiger partial charge on any atom is -0.388 e. The van der Waals surface area contributed by atoms with Crippen LogP contribution in [0.25, 0.3) is 0 Å². The minimum absolute atomic E-state index is 0.535. The molecule has 0 saturated carbocycles. The zero-order valence-electron chi connectivity index (χ0n) is 7.42. The summed E-state index contributed by atoms with van der Waals surface area (Å²) in [6, 6.07) is 8.03. The predicted octanol–water partition coefficient (Wildman–Crippen LogP) is 1.74. The monoisotopic (exact) mass is 166 g/mol. The second-order valence-corrected chi connectivity index (χ2v) is 2.44. The first-order chi connectivity index (χ1) is 5.86. The fourth-order valence-electron chi connectivity index (χ4n) is 0.940. The summed E-state index contributed by atoms with van der Waals surface area (Å²) in [6.45, 7) is 0.535. The zero-order valence-corrected chi connectivity index (χ0v) is 7.42. The molecule has 0 heterocycles. The molecule has 0 aliphatic heterocycles. The van der Waals surface area contributed by atoms with Gasteiger partial charge < -0.3 is 15.4 Å². The van der Waals surface area contributed by atoms with Crippen LogP contribution in [0.5, 0.6) is 0 Å². The Morgan fingerprint density at radius 3 is 2.75 bits per heavy atom. The number of methoxy groups -OCH3 is 1. The van der Waals surface area contributed by atoms with E-state index in [1.54, 1.807) is 7.11 Å². The van der Waals surface area contributed by atoms with E-state index in [0.29, 0.717) is 6.73 Å². The summed E-state index contributed by atoms with van der Waals surface area (Å²) in [7, 11) is 3.56. The lowest BCUT2D eigenvalue weighted by molar-refractivity contribution is 0.221. The van der Waals surface area contributed by atoms with Gasteiger partial charge in [-0.2, -0.15) is 0 Å². The molecule has 1 aromatic rings. The van der Waals surface area contributed by atoms with Crippen molar-refractivity contribution in [2.75, 3.05) is 31.5 Å². The van der Waals surface area contributed by atoms with E-state index < -0.39 is 0 Å². The van der Waals surface area contributed by atoms with Crippen LogP contribution in [-0.4, -0.2) is 20.9 Å². The fraction of sp³-hybridized carbons (Fsp3) is 0.333. The summed E-state index contributed by atoms with van der Waals surface area (Å²) in [5.74, 6) is 0. The summed E-state index contributed by atoms with van der Waals surface area (Å²) >= 11 is 0. The van der Waals surface area contributed by atoms with E-state index in [1.807, 2.05) is 31.3 Å². The van der Waals surface area contributed by atoms with Crippen LogP contribution in [0.2, 0.25) is 0 Å². The zero-order chi connectivity index (χ0) is 8.81. The minimum atomic E-state index is 0.535. The van der Waals surface area contributed by atoms with Gasteiger partial charge >= 0.3 is 0 Å². The van der Waals surface area contributed by atoms with Gasteiger partial charge in [-0.05, 0) is 18.2 Å². The second kappa shape index (κ2) is 4.62. The molecular formula is C9H14N2O. The van der Waals surface area contributed by atoms with Crippen molar-refractivity contribution in [3.8, 4) is 0 Å². The molecule has 1 rings (SSSR count). The number of anilines is 2. The lowest BCUT2D eigenvalue weighted by atomic mass is 10.3. The lowest BCUT2D eigenvalue weighted by Crippen LogP contribution is -2.02. The molecule has 12 heavy (non-hydrogen) atoms. The van der Waals surface area contributed by atoms with Crippen LogP contribution < -0.4 is 10.6 Å². The number of ether oxygens (including phenoxy) is 1. The number of hydrogen-bond donors (Lipinski definition) is 2. The molecule has 0 saturated heterocycles. The van der Waals surface area contributed by atoms with Gasteiger partial charge in [-0.25, -0.2) is 0 Å². The summed E-state index contributed by atoms with van der Waals surface area (Å²) in [4.78, 5) is 0. The van der Waals surface area contributed by atoms with Gasteiger partial charge in [-0.15, -0.1) is 0 Å². The summed E-state index contributed by atoms with van der Waals surface area (Å²) in [6.07, 6.45) is 0. The van der Waals surface area contributed by atoms with E-state index in [4.69, 9.17) is 4.74 Å². The Labute approximate surface area is 72.7 Å². The summed E-state index contributed by atoms with van der Waals surface area (Å²) < 4.78 is 4.89. The Bertz CT molecular complexity index is 238. The van der Waals surface area contributed by atoms with Gasteiger partial charge in [0, 0.05) is 25.5 Å². The Balaban J connectivity index is 2.60. The van der Waals surface area contributed by atoms with E-state index in [-0.39, 0.29) is 0 Å². The van der Waals surface area contributed by atoms with Crippen molar-refractivity contribution in [1.82, 2.24) is 0 Å². The normalized spacial score (nSPS) is 9.50. The summed E-state index contributed by atoms with van der Waals surface area (Å²) in [5.41, 5.74) is 2.15. The van der Waals surface area contributed by atoms with Crippen molar-refractivity contribution < 1.29 is 4.74 Å². The standard InChI is InChI=1S/C9H14N2O/c1-10-8-4-3-5-9(6-8)11-7-12-2/h3-6,10-11H,7H2,1-2H3. The number of rotatable bonds is 4. The highest BCUT2D eigenvalue weighted by molar-refractivity contribution is 5.56. The molecule has 0 fully saturated rings. The van der Waals surface area contributed by atoms with Crippen molar-refractivity contribution in [3.05, 3.63) is 24.3 Å². The van der Waals surface area contributed by atoms with Crippen molar-refractivity contribution in [2.45, 2.75) is 0 Å². The first kappa shape index (κ1) is 8.87. The van der Waals surface area contributed by atoms with Gasteiger partial charge in [0.25, 0.3) is 0 Å². The van der Waals surface area contributed by atoms with Crippen LogP contribution in [0.1, 0.15) is 0 Å². The number of benzene rings is 1. The van der Waals surface area contributed by atoms with Crippen LogP contribution >= 0.6 is 0 Å². The van der Waals surface area contributed by atoms with Gasteiger partial charge in [0.2, 0.25) is 0 Å². The third-order valence-corrected chi connectivity index (χ3v) is 1.57. The first-order valence-electron chi connectivity index (χ1n) is 3.87. The molecule has 0 aliphatic carbocycles. The maximum atomic E-state index is 4.89. The van der Waals surface area contributed by atoms with Crippen LogP contribution in [-0.2, 0) is 4.74 Å². The molecule has 0 aliphatic rings. The second-order valence-electron chi connectivity index (χ2n) is 2.44. The molecule has 3 heteroatoms. The first-order valence-corrected chi connectivity index (χ1v) is 3.87. The largest absolute Gasteiger partial charge is 0.388 e. The van der Waals surface area contributed by atoms with Gasteiger partial charge in [0.1, 0.15) is 6.73 Å². The topological polar surface area (TPSA) is 33.3 Å². The molecule has 0 atom stereocenters. The van der Waals surface area contributed by atoms with E-state index in [0.717, 1.165) is 11.4 Å².